The third-order valence-electron chi connectivity index (χ3n) is 3.53. The molecule has 126 valence electrons. The molecule has 0 aromatic heterocycles. The highest BCUT2D eigenvalue weighted by molar-refractivity contribution is 5.96. The highest BCUT2D eigenvalue weighted by Gasteiger charge is 2.30. The van der Waals surface area contributed by atoms with Crippen LogP contribution in [0.3, 0.4) is 0 Å². The number of ether oxygens (including phenoxy) is 2. The number of carbonyl (C=O) groups excluding carboxylic acids is 2. The molecule has 0 aliphatic rings. The van der Waals surface area contributed by atoms with Gasteiger partial charge in [-0.25, -0.2) is 0 Å². The zero-order valence-electron chi connectivity index (χ0n) is 14.0. The van der Waals surface area contributed by atoms with Crippen molar-refractivity contribution in [1.82, 2.24) is 0 Å². The Morgan fingerprint density at radius 2 is 1.17 bits per heavy atom. The number of benzene rings is 2. The molecule has 0 heterocycles. The molecule has 0 fully saturated rings. The molecule has 2 aromatic rings. The van der Waals surface area contributed by atoms with E-state index in [1.54, 1.807) is 48.5 Å². The molecule has 0 aliphatic heterocycles. The van der Waals surface area contributed by atoms with Gasteiger partial charge in [-0.1, -0.05) is 50.2 Å². The quantitative estimate of drug-likeness (QED) is 0.433. The van der Waals surface area contributed by atoms with E-state index in [9.17, 15) is 9.59 Å². The van der Waals surface area contributed by atoms with Crippen molar-refractivity contribution in [3.63, 3.8) is 0 Å². The molecule has 4 nitrogen and oxygen atoms in total. The second kappa shape index (κ2) is 8.87. The van der Waals surface area contributed by atoms with Gasteiger partial charge in [0.05, 0.1) is 0 Å². The number of esters is 2. The molecule has 0 unspecified atom stereocenters. The summed E-state index contributed by atoms with van der Waals surface area (Å²) in [6.45, 7) is 4.09. The van der Waals surface area contributed by atoms with Crippen molar-refractivity contribution < 1.29 is 19.1 Å². The smallest absolute Gasteiger partial charge is 0.325 e. The fraction of sp³-hybridized carbons (Fsp3) is 0.300. The summed E-state index contributed by atoms with van der Waals surface area (Å²) in [6.07, 6.45) is 1.13. The van der Waals surface area contributed by atoms with Gasteiger partial charge in [0.15, 0.2) is 5.92 Å². The largest absolute Gasteiger partial charge is 0.426 e. The fourth-order valence-corrected chi connectivity index (χ4v) is 2.18. The van der Waals surface area contributed by atoms with Gasteiger partial charge in [0.25, 0.3) is 0 Å². The van der Waals surface area contributed by atoms with Gasteiger partial charge in [0.1, 0.15) is 11.5 Å². The first-order chi connectivity index (χ1) is 11.6. The zero-order chi connectivity index (χ0) is 17.4. The van der Waals surface area contributed by atoms with Gasteiger partial charge in [-0.15, -0.1) is 0 Å². The van der Waals surface area contributed by atoms with Crippen molar-refractivity contribution in [2.24, 2.45) is 11.8 Å². The van der Waals surface area contributed by atoms with E-state index in [-0.39, 0.29) is 0 Å². The summed E-state index contributed by atoms with van der Waals surface area (Å²) in [5.41, 5.74) is 0. The van der Waals surface area contributed by atoms with E-state index < -0.39 is 17.9 Å². The average Bonchev–Trinajstić information content (AvgIpc) is 2.56. The number of carbonyl (C=O) groups is 2. The Morgan fingerprint density at radius 3 is 1.54 bits per heavy atom. The summed E-state index contributed by atoms with van der Waals surface area (Å²) in [6, 6.07) is 17.5. The third kappa shape index (κ3) is 5.54. The van der Waals surface area contributed by atoms with Crippen LogP contribution in [-0.4, -0.2) is 11.9 Å². The molecule has 24 heavy (non-hydrogen) atoms. The molecule has 2 aromatic carbocycles. The summed E-state index contributed by atoms with van der Waals surface area (Å²) >= 11 is 0. The molecule has 0 radical (unpaired) electrons. The number of rotatable bonds is 7. The molecular formula is C20H22O4. The van der Waals surface area contributed by atoms with E-state index in [1.807, 2.05) is 26.0 Å². The number of hydrogen-bond acceptors (Lipinski definition) is 4. The van der Waals surface area contributed by atoms with Crippen LogP contribution in [0.15, 0.2) is 60.7 Å². The van der Waals surface area contributed by atoms with Crippen LogP contribution < -0.4 is 9.47 Å². The Bertz CT molecular complexity index is 596. The minimum Gasteiger partial charge on any atom is -0.426 e. The maximum absolute atomic E-state index is 12.4. The summed E-state index contributed by atoms with van der Waals surface area (Å²) < 4.78 is 10.7. The lowest BCUT2D eigenvalue weighted by atomic mass is 9.98. The van der Waals surface area contributed by atoms with Crippen LogP contribution >= 0.6 is 0 Å². The Labute approximate surface area is 142 Å². The SMILES string of the molecule is CC(C)CCC(C(=O)Oc1ccccc1)C(=O)Oc1ccccc1. The van der Waals surface area contributed by atoms with E-state index in [1.165, 1.54) is 0 Å². The molecule has 0 spiro atoms. The predicted molar refractivity (Wildman–Crippen MR) is 91.7 cm³/mol. The van der Waals surface area contributed by atoms with Gasteiger partial charge in [-0.2, -0.15) is 0 Å². The van der Waals surface area contributed by atoms with Crippen LogP contribution in [0.5, 0.6) is 11.5 Å². The Morgan fingerprint density at radius 1 is 0.750 bits per heavy atom. The predicted octanol–water partition coefficient (Wildman–Crippen LogP) is 4.25. The second-order valence-electron chi connectivity index (χ2n) is 5.99. The first-order valence-electron chi connectivity index (χ1n) is 8.09. The summed E-state index contributed by atoms with van der Waals surface area (Å²) in [5, 5.41) is 0. The van der Waals surface area contributed by atoms with Crippen LogP contribution in [0, 0.1) is 11.8 Å². The van der Waals surface area contributed by atoms with Gasteiger partial charge in [0, 0.05) is 0 Å². The zero-order valence-corrected chi connectivity index (χ0v) is 14.0. The highest BCUT2D eigenvalue weighted by atomic mass is 16.6. The van der Waals surface area contributed by atoms with Crippen molar-refractivity contribution in [3.8, 4) is 11.5 Å². The third-order valence-corrected chi connectivity index (χ3v) is 3.53. The van der Waals surface area contributed by atoms with Crippen molar-refractivity contribution in [2.75, 3.05) is 0 Å². The molecule has 0 bridgehead atoms. The lowest BCUT2D eigenvalue weighted by Gasteiger charge is -2.16. The molecule has 0 amide bonds. The van der Waals surface area contributed by atoms with Gasteiger partial charge in [-0.05, 0) is 43.0 Å². The van der Waals surface area contributed by atoms with Crippen molar-refractivity contribution in [2.45, 2.75) is 26.7 Å². The van der Waals surface area contributed by atoms with Crippen LogP contribution in [0.4, 0.5) is 0 Å². The highest BCUT2D eigenvalue weighted by Crippen LogP contribution is 2.20. The van der Waals surface area contributed by atoms with E-state index in [0.29, 0.717) is 23.8 Å². The van der Waals surface area contributed by atoms with E-state index in [4.69, 9.17) is 9.47 Å². The maximum Gasteiger partial charge on any atom is 0.325 e. The Balaban J connectivity index is 2.07. The average molecular weight is 326 g/mol. The van der Waals surface area contributed by atoms with E-state index >= 15 is 0 Å². The van der Waals surface area contributed by atoms with Gasteiger partial charge >= 0.3 is 11.9 Å². The first kappa shape index (κ1) is 17.7. The molecule has 0 atom stereocenters. The van der Waals surface area contributed by atoms with Gasteiger partial charge in [-0.3, -0.25) is 9.59 Å². The van der Waals surface area contributed by atoms with Crippen molar-refractivity contribution >= 4 is 11.9 Å². The maximum atomic E-state index is 12.4. The molecular weight excluding hydrogens is 304 g/mol. The van der Waals surface area contributed by atoms with Crippen molar-refractivity contribution in [1.29, 1.82) is 0 Å². The molecule has 0 saturated carbocycles. The minimum absolute atomic E-state index is 0.376. The molecule has 0 N–H and O–H groups in total. The lowest BCUT2D eigenvalue weighted by molar-refractivity contribution is -0.151. The summed E-state index contributed by atoms with van der Waals surface area (Å²) in [5.74, 6) is -0.881. The normalized spacial score (nSPS) is 10.7. The summed E-state index contributed by atoms with van der Waals surface area (Å²) in [7, 11) is 0. The van der Waals surface area contributed by atoms with E-state index in [0.717, 1.165) is 6.42 Å². The second-order valence-corrected chi connectivity index (χ2v) is 5.99. The molecule has 4 heteroatoms. The van der Waals surface area contributed by atoms with Crippen LogP contribution in [0.2, 0.25) is 0 Å². The monoisotopic (exact) mass is 326 g/mol. The van der Waals surface area contributed by atoms with Gasteiger partial charge < -0.3 is 9.47 Å². The van der Waals surface area contributed by atoms with Crippen molar-refractivity contribution in [3.05, 3.63) is 60.7 Å². The molecule has 2 rings (SSSR count). The number of para-hydroxylation sites is 2. The van der Waals surface area contributed by atoms with Crippen LogP contribution in [-0.2, 0) is 9.59 Å². The van der Waals surface area contributed by atoms with Gasteiger partial charge in [0.2, 0.25) is 0 Å². The minimum atomic E-state index is -0.937. The number of hydrogen-bond donors (Lipinski definition) is 0. The lowest BCUT2D eigenvalue weighted by Crippen LogP contribution is -2.31. The first-order valence-corrected chi connectivity index (χ1v) is 8.09. The fourth-order valence-electron chi connectivity index (χ4n) is 2.18. The van der Waals surface area contributed by atoms with Crippen LogP contribution in [0.1, 0.15) is 26.7 Å². The van der Waals surface area contributed by atoms with E-state index in [2.05, 4.69) is 0 Å². The molecule has 0 saturated heterocycles. The van der Waals surface area contributed by atoms with Crippen LogP contribution in [0.25, 0.3) is 0 Å². The topological polar surface area (TPSA) is 52.6 Å². The standard InChI is InChI=1S/C20H22O4/c1-15(2)13-14-18(19(21)23-16-9-5-3-6-10-16)20(22)24-17-11-7-4-8-12-17/h3-12,15,18H,13-14H2,1-2H3. The Hall–Kier alpha value is -2.62. The Kier molecular flexibility index (Phi) is 6.55. The molecule has 0 aliphatic carbocycles. The summed E-state index contributed by atoms with van der Waals surface area (Å²) in [4.78, 5) is 24.9.